The third-order valence-electron chi connectivity index (χ3n) is 3.41. The molecule has 86 valence electrons. The largest absolute Gasteiger partial charge is 0.373 e. The second-order valence-corrected chi connectivity index (χ2v) is 4.80. The minimum atomic E-state index is 0.389. The number of anilines is 1. The summed E-state index contributed by atoms with van der Waals surface area (Å²) in [6.07, 6.45) is 4.40. The summed E-state index contributed by atoms with van der Waals surface area (Å²) in [6.45, 7) is 3.92. The molecule has 3 atom stereocenters. The first-order chi connectivity index (χ1) is 7.70. The van der Waals surface area contributed by atoms with Crippen LogP contribution in [0.5, 0.6) is 0 Å². The molecular weight excluding hydrogens is 202 g/mol. The monoisotopic (exact) mass is 219 g/mol. The lowest BCUT2D eigenvalue weighted by atomic mass is 9.95. The summed E-state index contributed by atoms with van der Waals surface area (Å²) in [7, 11) is 0. The molecule has 1 N–H and O–H groups in total. The fraction of sp³-hybridized carbons (Fsp3) is 0.667. The average Bonchev–Trinajstić information content (AvgIpc) is 2.77. The molecule has 0 saturated carbocycles. The van der Waals surface area contributed by atoms with E-state index in [0.717, 1.165) is 23.8 Å². The van der Waals surface area contributed by atoms with E-state index >= 15 is 0 Å². The smallest absolute Gasteiger partial charge is 0.130 e. The van der Waals surface area contributed by atoms with Gasteiger partial charge in [0.25, 0.3) is 0 Å². The lowest BCUT2D eigenvalue weighted by Gasteiger charge is -2.20. The molecule has 1 aromatic heterocycles. The highest BCUT2D eigenvalue weighted by Gasteiger charge is 2.40. The van der Waals surface area contributed by atoms with Crippen molar-refractivity contribution in [3.05, 3.63) is 17.6 Å². The van der Waals surface area contributed by atoms with E-state index < -0.39 is 0 Å². The Morgan fingerprint density at radius 3 is 2.81 bits per heavy atom. The van der Waals surface area contributed by atoms with E-state index in [9.17, 15) is 0 Å². The van der Waals surface area contributed by atoms with E-state index in [0.29, 0.717) is 18.2 Å². The molecule has 0 aromatic carbocycles. The van der Waals surface area contributed by atoms with Gasteiger partial charge in [0.15, 0.2) is 0 Å². The normalized spacial score (nSPS) is 32.0. The molecule has 3 rings (SSSR count). The number of hydrogen-bond acceptors (Lipinski definition) is 4. The Morgan fingerprint density at radius 2 is 2.19 bits per heavy atom. The van der Waals surface area contributed by atoms with Crippen LogP contribution in [0.2, 0.25) is 0 Å². The first kappa shape index (κ1) is 10.0. The molecule has 2 bridgehead atoms. The van der Waals surface area contributed by atoms with E-state index in [-0.39, 0.29) is 0 Å². The highest BCUT2D eigenvalue weighted by atomic mass is 16.5. The van der Waals surface area contributed by atoms with E-state index in [2.05, 4.69) is 15.3 Å². The lowest BCUT2D eigenvalue weighted by molar-refractivity contribution is 0.102. The molecule has 3 heterocycles. The van der Waals surface area contributed by atoms with Gasteiger partial charge in [-0.2, -0.15) is 0 Å². The van der Waals surface area contributed by atoms with Crippen LogP contribution in [0.25, 0.3) is 0 Å². The maximum Gasteiger partial charge on any atom is 0.130 e. The van der Waals surface area contributed by atoms with Crippen LogP contribution >= 0.6 is 0 Å². The third-order valence-corrected chi connectivity index (χ3v) is 3.41. The maximum absolute atomic E-state index is 5.81. The number of aromatic nitrogens is 2. The highest BCUT2D eigenvalue weighted by molar-refractivity contribution is 5.37. The summed E-state index contributed by atoms with van der Waals surface area (Å²) < 4.78 is 5.81. The van der Waals surface area contributed by atoms with Crippen LogP contribution in [0.1, 0.15) is 30.8 Å². The van der Waals surface area contributed by atoms with Gasteiger partial charge >= 0.3 is 0 Å². The summed E-state index contributed by atoms with van der Waals surface area (Å²) in [6, 6.07) is 2.44. The van der Waals surface area contributed by atoms with E-state index in [1.807, 2.05) is 19.9 Å². The van der Waals surface area contributed by atoms with Crippen molar-refractivity contribution in [3.63, 3.8) is 0 Å². The van der Waals surface area contributed by atoms with Gasteiger partial charge in [0, 0.05) is 11.8 Å². The van der Waals surface area contributed by atoms with Crippen molar-refractivity contribution in [2.75, 3.05) is 5.32 Å². The Morgan fingerprint density at radius 1 is 1.31 bits per heavy atom. The number of aryl methyl sites for hydroxylation is 2. The van der Waals surface area contributed by atoms with Crippen LogP contribution in [0.3, 0.4) is 0 Å². The molecule has 4 nitrogen and oxygen atoms in total. The summed E-state index contributed by atoms with van der Waals surface area (Å²) in [5.74, 6) is 1.76. The molecule has 2 aliphatic heterocycles. The quantitative estimate of drug-likeness (QED) is 0.824. The van der Waals surface area contributed by atoms with Crippen molar-refractivity contribution in [3.8, 4) is 0 Å². The van der Waals surface area contributed by atoms with Crippen molar-refractivity contribution >= 4 is 5.82 Å². The average molecular weight is 219 g/mol. The molecule has 2 aliphatic rings. The van der Waals surface area contributed by atoms with Gasteiger partial charge in [-0.1, -0.05) is 0 Å². The molecular formula is C12H17N3O. The number of fused-ring (bicyclic) bond motifs is 2. The molecule has 16 heavy (non-hydrogen) atoms. The number of rotatable bonds is 2. The van der Waals surface area contributed by atoms with Gasteiger partial charge in [-0.15, -0.1) is 0 Å². The van der Waals surface area contributed by atoms with Crippen LogP contribution in [-0.2, 0) is 4.74 Å². The number of ether oxygens (including phenoxy) is 1. The van der Waals surface area contributed by atoms with E-state index in [1.54, 1.807) is 0 Å². The number of nitrogens with one attached hydrogen (secondary N) is 1. The van der Waals surface area contributed by atoms with Crippen molar-refractivity contribution < 1.29 is 4.74 Å². The summed E-state index contributed by atoms with van der Waals surface area (Å²) in [4.78, 5) is 8.68. The van der Waals surface area contributed by atoms with Crippen molar-refractivity contribution in [1.82, 2.24) is 9.97 Å². The summed E-state index contributed by atoms with van der Waals surface area (Å²) in [5, 5.41) is 3.48. The second kappa shape index (κ2) is 3.70. The van der Waals surface area contributed by atoms with Crippen LogP contribution in [-0.4, -0.2) is 28.2 Å². The van der Waals surface area contributed by atoms with Gasteiger partial charge in [0.1, 0.15) is 11.6 Å². The first-order valence-electron chi connectivity index (χ1n) is 5.95. The van der Waals surface area contributed by atoms with Gasteiger partial charge in [0.05, 0.1) is 18.2 Å². The van der Waals surface area contributed by atoms with Gasteiger partial charge in [-0.25, -0.2) is 9.97 Å². The molecule has 0 radical (unpaired) electrons. The topological polar surface area (TPSA) is 47.0 Å². The summed E-state index contributed by atoms with van der Waals surface area (Å²) >= 11 is 0. The Hall–Kier alpha value is -1.16. The zero-order valence-electron chi connectivity index (χ0n) is 9.73. The SMILES string of the molecule is Cc1cc(NC2CC3CCC2O3)nc(C)n1. The van der Waals surface area contributed by atoms with Crippen molar-refractivity contribution in [1.29, 1.82) is 0 Å². The van der Waals surface area contributed by atoms with Crippen molar-refractivity contribution in [2.24, 2.45) is 0 Å². The van der Waals surface area contributed by atoms with Crippen LogP contribution < -0.4 is 5.32 Å². The zero-order chi connectivity index (χ0) is 11.1. The number of nitrogens with zero attached hydrogens (tertiary/aromatic N) is 2. The third kappa shape index (κ3) is 1.78. The van der Waals surface area contributed by atoms with Crippen LogP contribution in [0, 0.1) is 13.8 Å². The summed E-state index contributed by atoms with van der Waals surface area (Å²) in [5.41, 5.74) is 1.01. The molecule has 0 amide bonds. The fourth-order valence-corrected chi connectivity index (χ4v) is 2.77. The van der Waals surface area contributed by atoms with Gasteiger partial charge in [-0.3, -0.25) is 0 Å². The van der Waals surface area contributed by atoms with E-state index in [4.69, 9.17) is 4.74 Å². The fourth-order valence-electron chi connectivity index (χ4n) is 2.77. The maximum atomic E-state index is 5.81. The number of hydrogen-bond donors (Lipinski definition) is 1. The van der Waals surface area contributed by atoms with Crippen LogP contribution in [0.4, 0.5) is 5.82 Å². The van der Waals surface area contributed by atoms with E-state index in [1.165, 1.54) is 12.8 Å². The molecule has 2 fully saturated rings. The second-order valence-electron chi connectivity index (χ2n) is 4.80. The lowest BCUT2D eigenvalue weighted by Crippen LogP contribution is -2.30. The first-order valence-corrected chi connectivity index (χ1v) is 5.95. The predicted molar refractivity (Wildman–Crippen MR) is 61.4 cm³/mol. The minimum absolute atomic E-state index is 0.389. The zero-order valence-corrected chi connectivity index (χ0v) is 9.73. The Kier molecular flexibility index (Phi) is 2.32. The van der Waals surface area contributed by atoms with Gasteiger partial charge < -0.3 is 10.1 Å². The molecule has 0 aliphatic carbocycles. The predicted octanol–water partition coefficient (Wildman–Crippen LogP) is 1.83. The molecule has 4 heteroatoms. The highest BCUT2D eigenvalue weighted by Crippen LogP contribution is 2.35. The standard InChI is InChI=1S/C12H17N3O/c1-7-5-12(14-8(2)13-7)15-10-6-9-3-4-11(10)16-9/h5,9-11H,3-4,6H2,1-2H3,(H,13,14,15). The van der Waals surface area contributed by atoms with Crippen molar-refractivity contribution in [2.45, 2.75) is 51.4 Å². The molecule has 0 spiro atoms. The Bertz CT molecular complexity index is 387. The van der Waals surface area contributed by atoms with Crippen LogP contribution in [0.15, 0.2) is 6.07 Å². The molecule has 3 unspecified atom stereocenters. The van der Waals surface area contributed by atoms with Gasteiger partial charge in [-0.05, 0) is 33.1 Å². The Labute approximate surface area is 95.4 Å². The van der Waals surface area contributed by atoms with Gasteiger partial charge in [0.2, 0.25) is 0 Å². The Balaban J connectivity index is 1.74. The minimum Gasteiger partial charge on any atom is -0.373 e. The molecule has 2 saturated heterocycles. The molecule has 1 aromatic rings.